The van der Waals surface area contributed by atoms with Crippen LogP contribution in [0.25, 0.3) is 0 Å². The van der Waals surface area contributed by atoms with E-state index in [-0.39, 0.29) is 12.8 Å². The zero-order chi connectivity index (χ0) is 28.5. The molecule has 2 amide bonds. The van der Waals surface area contributed by atoms with Crippen molar-refractivity contribution in [3.05, 3.63) is 65.7 Å². The molecule has 0 aromatic heterocycles. The molecule has 0 unspecified atom stereocenters. The second-order valence-electron chi connectivity index (χ2n) is 11.2. The van der Waals surface area contributed by atoms with Crippen LogP contribution in [0.15, 0.2) is 54.6 Å². The second kappa shape index (κ2) is 13.5. The topological polar surface area (TPSA) is 126 Å². The van der Waals surface area contributed by atoms with Gasteiger partial charge in [-0.15, -0.1) is 0 Å². The third kappa shape index (κ3) is 11.0. The fraction of sp³-hybridized carbons (Fsp3) is 0.517. The third-order valence-electron chi connectivity index (χ3n) is 5.49. The van der Waals surface area contributed by atoms with Gasteiger partial charge >= 0.3 is 12.2 Å². The zero-order valence-electron chi connectivity index (χ0n) is 23.4. The highest BCUT2D eigenvalue weighted by Gasteiger charge is 2.36. The van der Waals surface area contributed by atoms with Crippen LogP contribution in [0, 0.1) is 0 Å². The van der Waals surface area contributed by atoms with Crippen molar-refractivity contribution in [3.8, 4) is 5.75 Å². The minimum absolute atomic E-state index is 0.186. The summed E-state index contributed by atoms with van der Waals surface area (Å²) in [6, 6.07) is 14.6. The fourth-order valence-electron chi connectivity index (χ4n) is 3.79. The molecule has 2 aromatic carbocycles. The lowest BCUT2D eigenvalue weighted by Gasteiger charge is -2.34. The van der Waals surface area contributed by atoms with E-state index in [1.54, 1.807) is 60.8 Å². The highest BCUT2D eigenvalue weighted by molar-refractivity contribution is 5.69. The highest BCUT2D eigenvalue weighted by atomic mass is 16.6. The van der Waals surface area contributed by atoms with Crippen LogP contribution in [0.2, 0.25) is 0 Å². The molecule has 210 valence electrons. The normalized spacial score (nSPS) is 15.0. The van der Waals surface area contributed by atoms with Gasteiger partial charge in [-0.1, -0.05) is 42.5 Å². The summed E-state index contributed by atoms with van der Waals surface area (Å²) in [5.41, 5.74) is 0.122. The molecule has 0 fully saturated rings. The largest absolute Gasteiger partial charge is 0.497 e. The van der Waals surface area contributed by atoms with Gasteiger partial charge in [0.05, 0.1) is 19.2 Å². The number of amides is 2. The smallest absolute Gasteiger partial charge is 0.407 e. The maximum atomic E-state index is 12.6. The monoisotopic (exact) mass is 530 g/mol. The molecular weight excluding hydrogens is 488 g/mol. The SMILES string of the molecule is COc1ccc(C[C@H](NC(=O)OC(C)(C)C)[C@H](O)[C@@H](O)[C@H](Cc2ccccc2)NC(=O)OC(C)(C)C)cc1. The maximum absolute atomic E-state index is 12.6. The van der Waals surface area contributed by atoms with Gasteiger partial charge in [0.25, 0.3) is 0 Å². The van der Waals surface area contributed by atoms with Crippen LogP contribution >= 0.6 is 0 Å². The van der Waals surface area contributed by atoms with Crippen LogP contribution in [0.3, 0.4) is 0 Å². The van der Waals surface area contributed by atoms with Crippen LogP contribution < -0.4 is 15.4 Å². The summed E-state index contributed by atoms with van der Waals surface area (Å²) in [6.07, 6.45) is -3.97. The predicted octanol–water partition coefficient (Wildman–Crippen LogP) is 3.99. The number of alkyl carbamates (subject to hydrolysis) is 2. The van der Waals surface area contributed by atoms with Crippen molar-refractivity contribution in [1.29, 1.82) is 0 Å². The van der Waals surface area contributed by atoms with E-state index in [9.17, 15) is 19.8 Å². The fourth-order valence-corrected chi connectivity index (χ4v) is 3.79. The number of ether oxygens (including phenoxy) is 3. The van der Waals surface area contributed by atoms with Gasteiger partial charge in [-0.25, -0.2) is 9.59 Å². The number of aliphatic hydroxyl groups excluding tert-OH is 2. The van der Waals surface area contributed by atoms with E-state index >= 15 is 0 Å². The molecule has 0 aliphatic heterocycles. The molecule has 38 heavy (non-hydrogen) atoms. The van der Waals surface area contributed by atoms with Gasteiger partial charge in [0.15, 0.2) is 0 Å². The Morgan fingerprint density at radius 3 is 1.47 bits per heavy atom. The number of hydrogen-bond acceptors (Lipinski definition) is 7. The summed E-state index contributed by atoms with van der Waals surface area (Å²) in [7, 11) is 1.56. The van der Waals surface area contributed by atoms with E-state index in [1.807, 2.05) is 42.5 Å². The number of aliphatic hydroxyl groups is 2. The van der Waals surface area contributed by atoms with Gasteiger partial charge in [0.2, 0.25) is 0 Å². The summed E-state index contributed by atoms with van der Waals surface area (Å²) in [4.78, 5) is 25.3. The van der Waals surface area contributed by atoms with Crippen LogP contribution in [0.1, 0.15) is 52.7 Å². The van der Waals surface area contributed by atoms with E-state index in [2.05, 4.69) is 10.6 Å². The Morgan fingerprint density at radius 1 is 0.711 bits per heavy atom. The summed E-state index contributed by atoms with van der Waals surface area (Å²) in [5, 5.41) is 28.1. The molecule has 4 N–H and O–H groups in total. The van der Waals surface area contributed by atoms with E-state index in [1.165, 1.54) is 0 Å². The molecule has 0 heterocycles. The van der Waals surface area contributed by atoms with Crippen molar-refractivity contribution >= 4 is 12.2 Å². The summed E-state index contributed by atoms with van der Waals surface area (Å²) >= 11 is 0. The Labute approximate surface area is 225 Å². The van der Waals surface area contributed by atoms with Gasteiger partial charge in [0.1, 0.15) is 29.2 Å². The predicted molar refractivity (Wildman–Crippen MR) is 145 cm³/mol. The zero-order valence-corrected chi connectivity index (χ0v) is 23.4. The number of rotatable bonds is 10. The summed E-state index contributed by atoms with van der Waals surface area (Å²) < 4.78 is 16.0. The number of hydrogen-bond donors (Lipinski definition) is 4. The Hall–Kier alpha value is -3.30. The molecule has 0 saturated heterocycles. The number of methoxy groups -OCH3 is 1. The first kappa shape index (κ1) is 30.9. The van der Waals surface area contributed by atoms with Crippen molar-refractivity contribution in [2.24, 2.45) is 0 Å². The van der Waals surface area contributed by atoms with Crippen molar-refractivity contribution in [1.82, 2.24) is 10.6 Å². The van der Waals surface area contributed by atoms with Gasteiger partial charge in [-0.05, 0) is 77.6 Å². The first-order valence-corrected chi connectivity index (χ1v) is 12.7. The van der Waals surface area contributed by atoms with Crippen LogP contribution in [-0.4, -0.2) is 65.0 Å². The molecule has 0 aliphatic carbocycles. The molecule has 9 nitrogen and oxygen atoms in total. The lowest BCUT2D eigenvalue weighted by molar-refractivity contribution is -0.0293. The first-order chi connectivity index (χ1) is 17.7. The van der Waals surface area contributed by atoms with Crippen molar-refractivity contribution in [3.63, 3.8) is 0 Å². The highest BCUT2D eigenvalue weighted by Crippen LogP contribution is 2.18. The Bertz CT molecular complexity index is 1010. The van der Waals surface area contributed by atoms with E-state index < -0.39 is 47.7 Å². The van der Waals surface area contributed by atoms with Crippen LogP contribution in [0.5, 0.6) is 5.75 Å². The average molecular weight is 531 g/mol. The maximum Gasteiger partial charge on any atom is 0.407 e. The number of benzene rings is 2. The van der Waals surface area contributed by atoms with Gasteiger partial charge < -0.3 is 35.1 Å². The lowest BCUT2D eigenvalue weighted by Crippen LogP contribution is -2.58. The van der Waals surface area contributed by atoms with Crippen molar-refractivity contribution in [2.45, 2.75) is 89.9 Å². The quantitative estimate of drug-likeness (QED) is 0.366. The molecule has 0 saturated carbocycles. The minimum atomic E-state index is -1.46. The molecule has 0 bridgehead atoms. The van der Waals surface area contributed by atoms with Gasteiger partial charge in [-0.2, -0.15) is 0 Å². The Morgan fingerprint density at radius 2 is 1.11 bits per heavy atom. The molecule has 0 radical (unpaired) electrons. The number of carbonyl (C=O) groups is 2. The molecule has 2 aromatic rings. The Kier molecular flexibility index (Phi) is 11.0. The molecule has 9 heteroatoms. The lowest BCUT2D eigenvalue weighted by atomic mass is 9.91. The standard InChI is InChI=1S/C29H42N2O7/c1-28(2,3)37-26(34)30-22(17-19-11-9-8-10-12-19)24(32)25(33)23(31-27(35)38-29(4,5)6)18-20-13-15-21(36-7)16-14-20/h8-16,22-25,32-33H,17-18H2,1-7H3,(H,30,34)(H,31,35)/t22-,23-,24-,25-/m0/s1. The average Bonchev–Trinajstić information content (AvgIpc) is 2.81. The van der Waals surface area contributed by atoms with Gasteiger partial charge in [-0.3, -0.25) is 0 Å². The summed E-state index contributed by atoms with van der Waals surface area (Å²) in [6.45, 7) is 10.4. The second-order valence-corrected chi connectivity index (χ2v) is 11.2. The Balaban J connectivity index is 2.32. The number of nitrogens with one attached hydrogen (secondary N) is 2. The van der Waals surface area contributed by atoms with Crippen molar-refractivity contribution < 1.29 is 34.0 Å². The van der Waals surface area contributed by atoms with E-state index in [0.717, 1.165) is 11.1 Å². The summed E-state index contributed by atoms with van der Waals surface area (Å²) in [5.74, 6) is 0.662. The molecule has 2 rings (SSSR count). The molecular formula is C29H42N2O7. The minimum Gasteiger partial charge on any atom is -0.497 e. The molecule has 4 atom stereocenters. The molecule has 0 spiro atoms. The number of carbonyl (C=O) groups excluding carboxylic acids is 2. The van der Waals surface area contributed by atoms with Crippen LogP contribution in [0.4, 0.5) is 9.59 Å². The van der Waals surface area contributed by atoms with E-state index in [0.29, 0.717) is 5.75 Å². The van der Waals surface area contributed by atoms with Crippen molar-refractivity contribution in [2.75, 3.05) is 7.11 Å². The third-order valence-corrected chi connectivity index (χ3v) is 5.49. The van der Waals surface area contributed by atoms with Gasteiger partial charge in [0, 0.05) is 0 Å². The van der Waals surface area contributed by atoms with Crippen LogP contribution in [-0.2, 0) is 22.3 Å². The van der Waals surface area contributed by atoms with E-state index in [4.69, 9.17) is 14.2 Å². The molecule has 0 aliphatic rings. The first-order valence-electron chi connectivity index (χ1n) is 12.7.